The number of anilines is 1. The summed E-state index contributed by atoms with van der Waals surface area (Å²) in [6, 6.07) is 3.30. The van der Waals surface area contributed by atoms with Gasteiger partial charge in [0.2, 0.25) is 0 Å². The number of sulfonamides is 1. The summed E-state index contributed by atoms with van der Waals surface area (Å²) in [5.74, 6) is 0. The van der Waals surface area contributed by atoms with Crippen molar-refractivity contribution in [3.8, 4) is 0 Å². The van der Waals surface area contributed by atoms with Crippen molar-refractivity contribution in [2.24, 2.45) is 0 Å². The van der Waals surface area contributed by atoms with Crippen LogP contribution in [-0.2, 0) is 14.8 Å². The largest absolute Gasteiger partial charge is 0.386 e. The van der Waals surface area contributed by atoms with Crippen LogP contribution in [0.5, 0.6) is 0 Å². The van der Waals surface area contributed by atoms with Gasteiger partial charge in [-0.1, -0.05) is 0 Å². The van der Waals surface area contributed by atoms with E-state index < -0.39 is 10.0 Å². The second-order valence-electron chi connectivity index (χ2n) is 4.60. The summed E-state index contributed by atoms with van der Waals surface area (Å²) in [6.07, 6.45) is 3.99. The summed E-state index contributed by atoms with van der Waals surface area (Å²) in [5.41, 5.74) is 0.497. The van der Waals surface area contributed by atoms with Gasteiger partial charge in [-0.05, 0) is 31.4 Å². The predicted molar refractivity (Wildman–Crippen MR) is 72.5 cm³/mol. The molecule has 2 unspecified atom stereocenters. The number of hydrogen-bond acceptors (Lipinski definition) is 5. The first kappa shape index (κ1) is 14.2. The van der Waals surface area contributed by atoms with Gasteiger partial charge in [-0.25, -0.2) is 18.1 Å². The fourth-order valence-electron chi connectivity index (χ4n) is 2.33. The second-order valence-corrected chi connectivity index (χ2v) is 6.22. The standard InChI is InChI=1S/C12H19N3O3S/c1-13-11-4-3-7-14-12(11)19(16,17)15-9-5-6-10(8-9)18-2/h3-4,7,9-10,13,15H,5-6,8H2,1-2H3. The molecule has 19 heavy (non-hydrogen) atoms. The third kappa shape index (κ3) is 3.23. The minimum atomic E-state index is -3.60. The third-order valence-electron chi connectivity index (χ3n) is 3.33. The molecule has 0 aromatic carbocycles. The average molecular weight is 285 g/mol. The molecule has 0 saturated heterocycles. The number of hydrogen-bond donors (Lipinski definition) is 2. The Bertz CT molecular complexity index is 533. The SMILES string of the molecule is CNc1cccnc1S(=O)(=O)NC1CCC(OC)C1. The van der Waals surface area contributed by atoms with Crippen LogP contribution in [0.15, 0.2) is 23.4 Å². The molecule has 0 bridgehead atoms. The number of aromatic nitrogens is 1. The van der Waals surface area contributed by atoms with E-state index in [0.29, 0.717) is 12.1 Å². The van der Waals surface area contributed by atoms with E-state index in [2.05, 4.69) is 15.0 Å². The maximum Gasteiger partial charge on any atom is 0.260 e. The van der Waals surface area contributed by atoms with Crippen LogP contribution in [0.3, 0.4) is 0 Å². The van der Waals surface area contributed by atoms with Gasteiger partial charge in [-0.2, -0.15) is 0 Å². The van der Waals surface area contributed by atoms with Crippen molar-refractivity contribution in [2.75, 3.05) is 19.5 Å². The zero-order valence-electron chi connectivity index (χ0n) is 11.1. The molecule has 1 aliphatic carbocycles. The van der Waals surface area contributed by atoms with Crippen molar-refractivity contribution in [1.82, 2.24) is 9.71 Å². The van der Waals surface area contributed by atoms with E-state index in [1.807, 2.05) is 0 Å². The molecule has 106 valence electrons. The normalized spacial score (nSPS) is 23.5. The highest BCUT2D eigenvalue weighted by Gasteiger charge is 2.30. The zero-order chi connectivity index (χ0) is 13.9. The summed E-state index contributed by atoms with van der Waals surface area (Å²) in [5, 5.41) is 2.88. The number of pyridine rings is 1. The quantitative estimate of drug-likeness (QED) is 0.842. The molecule has 6 nitrogen and oxygen atoms in total. The Balaban J connectivity index is 2.15. The zero-order valence-corrected chi connectivity index (χ0v) is 11.9. The van der Waals surface area contributed by atoms with Gasteiger partial charge in [0.1, 0.15) is 0 Å². The monoisotopic (exact) mass is 285 g/mol. The molecular formula is C12H19N3O3S. The topological polar surface area (TPSA) is 80.3 Å². The maximum atomic E-state index is 12.3. The fourth-order valence-corrected chi connectivity index (χ4v) is 3.76. The first-order chi connectivity index (χ1) is 9.06. The van der Waals surface area contributed by atoms with E-state index in [1.54, 1.807) is 26.3 Å². The Morgan fingerprint density at radius 1 is 1.42 bits per heavy atom. The van der Waals surface area contributed by atoms with Crippen LogP contribution >= 0.6 is 0 Å². The van der Waals surface area contributed by atoms with Crippen molar-refractivity contribution < 1.29 is 13.2 Å². The average Bonchev–Trinajstić information content (AvgIpc) is 2.85. The lowest BCUT2D eigenvalue weighted by molar-refractivity contribution is 0.107. The maximum absolute atomic E-state index is 12.3. The van der Waals surface area contributed by atoms with Gasteiger partial charge in [0.25, 0.3) is 10.0 Å². The molecule has 1 aromatic heterocycles. The Hall–Kier alpha value is -1.18. The molecule has 1 heterocycles. The molecular weight excluding hydrogens is 266 g/mol. The summed E-state index contributed by atoms with van der Waals surface area (Å²) in [7, 11) is -0.272. The molecule has 1 aromatic rings. The molecule has 0 spiro atoms. The number of nitrogens with one attached hydrogen (secondary N) is 2. The van der Waals surface area contributed by atoms with Gasteiger partial charge in [0, 0.05) is 26.4 Å². The smallest absolute Gasteiger partial charge is 0.260 e. The van der Waals surface area contributed by atoms with E-state index in [-0.39, 0.29) is 17.2 Å². The van der Waals surface area contributed by atoms with Crippen LogP contribution in [0.2, 0.25) is 0 Å². The molecule has 0 amide bonds. The van der Waals surface area contributed by atoms with Gasteiger partial charge >= 0.3 is 0 Å². The van der Waals surface area contributed by atoms with Crippen LogP contribution in [0.25, 0.3) is 0 Å². The van der Waals surface area contributed by atoms with Crippen LogP contribution in [0.1, 0.15) is 19.3 Å². The highest BCUT2D eigenvalue weighted by Crippen LogP contribution is 2.24. The number of nitrogens with zero attached hydrogens (tertiary/aromatic N) is 1. The minimum absolute atomic E-state index is 0.0402. The van der Waals surface area contributed by atoms with E-state index in [1.165, 1.54) is 6.20 Å². The Morgan fingerprint density at radius 2 is 2.21 bits per heavy atom. The number of rotatable bonds is 5. The van der Waals surface area contributed by atoms with E-state index in [0.717, 1.165) is 12.8 Å². The van der Waals surface area contributed by atoms with Crippen molar-refractivity contribution in [2.45, 2.75) is 36.4 Å². The Morgan fingerprint density at radius 3 is 2.84 bits per heavy atom. The third-order valence-corrected chi connectivity index (χ3v) is 4.81. The molecule has 0 aliphatic heterocycles. The Labute approximate surface area is 113 Å². The molecule has 7 heteroatoms. The first-order valence-corrected chi connectivity index (χ1v) is 7.73. The van der Waals surface area contributed by atoms with Crippen LogP contribution in [0.4, 0.5) is 5.69 Å². The first-order valence-electron chi connectivity index (χ1n) is 6.24. The number of ether oxygens (including phenoxy) is 1. The molecule has 0 radical (unpaired) electrons. The summed E-state index contributed by atoms with van der Waals surface area (Å²) in [4.78, 5) is 3.96. The van der Waals surface area contributed by atoms with Gasteiger partial charge < -0.3 is 10.1 Å². The van der Waals surface area contributed by atoms with Crippen LogP contribution in [0, 0.1) is 0 Å². The van der Waals surface area contributed by atoms with Gasteiger partial charge in [0.15, 0.2) is 5.03 Å². The van der Waals surface area contributed by atoms with Crippen molar-refractivity contribution >= 4 is 15.7 Å². The summed E-state index contributed by atoms with van der Waals surface area (Å²) >= 11 is 0. The second kappa shape index (κ2) is 5.85. The summed E-state index contributed by atoms with van der Waals surface area (Å²) < 4.78 is 32.6. The van der Waals surface area contributed by atoms with E-state index in [9.17, 15) is 8.42 Å². The van der Waals surface area contributed by atoms with E-state index >= 15 is 0 Å². The molecule has 1 saturated carbocycles. The van der Waals surface area contributed by atoms with Gasteiger partial charge in [0.05, 0.1) is 11.8 Å². The van der Waals surface area contributed by atoms with Gasteiger partial charge in [-0.3, -0.25) is 0 Å². The molecule has 2 atom stereocenters. The van der Waals surface area contributed by atoms with Crippen molar-refractivity contribution in [1.29, 1.82) is 0 Å². The number of methoxy groups -OCH3 is 1. The molecule has 2 N–H and O–H groups in total. The minimum Gasteiger partial charge on any atom is -0.386 e. The lowest BCUT2D eigenvalue weighted by Crippen LogP contribution is -2.34. The molecule has 1 fully saturated rings. The van der Waals surface area contributed by atoms with Crippen LogP contribution in [-0.4, -0.2) is 39.7 Å². The van der Waals surface area contributed by atoms with Crippen molar-refractivity contribution in [3.05, 3.63) is 18.3 Å². The lowest BCUT2D eigenvalue weighted by atomic mass is 10.3. The van der Waals surface area contributed by atoms with Crippen LogP contribution < -0.4 is 10.0 Å². The van der Waals surface area contributed by atoms with Gasteiger partial charge in [-0.15, -0.1) is 0 Å². The van der Waals surface area contributed by atoms with E-state index in [4.69, 9.17) is 4.74 Å². The highest BCUT2D eigenvalue weighted by molar-refractivity contribution is 7.89. The molecule has 1 aliphatic rings. The Kier molecular flexibility index (Phi) is 4.38. The lowest BCUT2D eigenvalue weighted by Gasteiger charge is -2.14. The molecule has 2 rings (SSSR count). The predicted octanol–water partition coefficient (Wildman–Crippen LogP) is 0.969. The highest BCUT2D eigenvalue weighted by atomic mass is 32.2. The summed E-state index contributed by atoms with van der Waals surface area (Å²) in [6.45, 7) is 0. The fraction of sp³-hybridized carbons (Fsp3) is 0.583. The van der Waals surface area contributed by atoms with Crippen molar-refractivity contribution in [3.63, 3.8) is 0 Å².